The molecule has 1 amide bonds. The Hall–Kier alpha value is -3.93. The Morgan fingerprint density at radius 1 is 0.912 bits per heavy atom. The van der Waals surface area contributed by atoms with Crippen molar-refractivity contribution in [3.63, 3.8) is 0 Å². The Morgan fingerprint density at radius 3 is 2.15 bits per heavy atom. The predicted octanol–water partition coefficient (Wildman–Crippen LogP) is 5.04. The van der Waals surface area contributed by atoms with E-state index in [0.29, 0.717) is 12.8 Å². The quantitative estimate of drug-likeness (QED) is 0.489. The summed E-state index contributed by atoms with van der Waals surface area (Å²) in [7, 11) is 0. The first kappa shape index (κ1) is 23.2. The van der Waals surface area contributed by atoms with Crippen molar-refractivity contribution in [2.75, 3.05) is 0 Å². The number of rotatable bonds is 9. The lowest BCUT2D eigenvalue weighted by atomic mass is 10.0. The standard InChI is InChI=1S/C28H28N2O4/c1-20-26(23-15-9-4-10-16-23)34-27(29-20)25(31)24(18-17-21-11-5-2-6-12-21)30-28(32)33-19-22-13-7-3-8-14-22/h2-16,20,24,26H,17-19H2,1H3,(H,30,32)/t20-,24?,26+/m0/s1. The average Bonchev–Trinajstić information content (AvgIpc) is 3.28. The number of aryl methyl sites for hydroxylation is 1. The van der Waals surface area contributed by atoms with E-state index >= 15 is 0 Å². The summed E-state index contributed by atoms with van der Waals surface area (Å²) in [4.78, 5) is 30.4. The number of aliphatic imine (C=N–C) groups is 1. The second-order valence-electron chi connectivity index (χ2n) is 8.27. The highest BCUT2D eigenvalue weighted by atomic mass is 16.5. The van der Waals surface area contributed by atoms with Gasteiger partial charge in [0.15, 0.2) is 0 Å². The lowest BCUT2D eigenvalue weighted by Gasteiger charge is -2.19. The summed E-state index contributed by atoms with van der Waals surface area (Å²) in [5.74, 6) is -0.305. The van der Waals surface area contributed by atoms with E-state index in [1.807, 2.05) is 97.9 Å². The molecule has 0 saturated heterocycles. The van der Waals surface area contributed by atoms with Gasteiger partial charge in [-0.2, -0.15) is 0 Å². The zero-order valence-electron chi connectivity index (χ0n) is 19.1. The van der Waals surface area contributed by atoms with Gasteiger partial charge in [-0.1, -0.05) is 91.0 Å². The van der Waals surface area contributed by atoms with Crippen molar-refractivity contribution in [2.24, 2.45) is 4.99 Å². The fourth-order valence-corrected chi connectivity index (χ4v) is 3.89. The molecule has 3 aromatic carbocycles. The van der Waals surface area contributed by atoms with Gasteiger partial charge in [-0.3, -0.25) is 4.79 Å². The molecule has 0 spiro atoms. The molecule has 6 heteroatoms. The van der Waals surface area contributed by atoms with Crippen LogP contribution in [-0.4, -0.2) is 29.9 Å². The van der Waals surface area contributed by atoms with Gasteiger partial charge in [-0.15, -0.1) is 0 Å². The van der Waals surface area contributed by atoms with Crippen LogP contribution in [0, 0.1) is 0 Å². The SMILES string of the molecule is C[C@@H]1N=C(C(=O)C(CCc2ccccc2)NC(=O)OCc2ccccc2)O[C@H]1c1ccccc1. The van der Waals surface area contributed by atoms with Crippen molar-refractivity contribution in [3.8, 4) is 0 Å². The minimum Gasteiger partial charge on any atom is -0.465 e. The second kappa shape index (κ2) is 11.3. The highest BCUT2D eigenvalue weighted by Crippen LogP contribution is 2.29. The van der Waals surface area contributed by atoms with Crippen LogP contribution in [0.15, 0.2) is 96.0 Å². The Kier molecular flexibility index (Phi) is 7.71. The van der Waals surface area contributed by atoms with Crippen LogP contribution in [-0.2, 0) is 27.3 Å². The molecular formula is C28H28N2O4. The third kappa shape index (κ3) is 6.10. The fraction of sp³-hybridized carbons (Fsp3) is 0.250. The summed E-state index contributed by atoms with van der Waals surface area (Å²) in [6.07, 6.45) is 0.0264. The maximum absolute atomic E-state index is 13.4. The van der Waals surface area contributed by atoms with Crippen LogP contribution in [0.5, 0.6) is 0 Å². The highest BCUT2D eigenvalue weighted by Gasteiger charge is 2.36. The highest BCUT2D eigenvalue weighted by molar-refractivity contribution is 6.39. The van der Waals surface area contributed by atoms with Gasteiger partial charge in [-0.05, 0) is 36.5 Å². The number of benzene rings is 3. The van der Waals surface area contributed by atoms with Crippen molar-refractivity contribution in [3.05, 3.63) is 108 Å². The summed E-state index contributed by atoms with van der Waals surface area (Å²) in [6, 6.07) is 27.9. The summed E-state index contributed by atoms with van der Waals surface area (Å²) < 4.78 is 11.3. The van der Waals surface area contributed by atoms with E-state index in [9.17, 15) is 9.59 Å². The van der Waals surface area contributed by atoms with E-state index in [1.165, 1.54) is 0 Å². The predicted molar refractivity (Wildman–Crippen MR) is 130 cm³/mol. The van der Waals surface area contributed by atoms with E-state index in [1.54, 1.807) is 0 Å². The van der Waals surface area contributed by atoms with Crippen molar-refractivity contribution in [2.45, 2.75) is 44.6 Å². The second-order valence-corrected chi connectivity index (χ2v) is 8.27. The average molecular weight is 457 g/mol. The lowest BCUT2D eigenvalue weighted by molar-refractivity contribution is -0.116. The van der Waals surface area contributed by atoms with Crippen LogP contribution in [0.2, 0.25) is 0 Å². The van der Waals surface area contributed by atoms with Gasteiger partial charge in [-0.25, -0.2) is 9.79 Å². The Morgan fingerprint density at radius 2 is 1.50 bits per heavy atom. The molecule has 3 aromatic rings. The molecule has 1 N–H and O–H groups in total. The van der Waals surface area contributed by atoms with E-state index in [-0.39, 0.29) is 30.4 Å². The first-order valence-electron chi connectivity index (χ1n) is 11.4. The number of Topliss-reactive ketones (excluding diaryl/α,β-unsaturated/α-hetero) is 1. The first-order valence-corrected chi connectivity index (χ1v) is 11.4. The molecule has 0 aliphatic carbocycles. The third-order valence-corrected chi connectivity index (χ3v) is 5.72. The molecular weight excluding hydrogens is 428 g/mol. The van der Waals surface area contributed by atoms with Crippen LogP contribution in [0.25, 0.3) is 0 Å². The smallest absolute Gasteiger partial charge is 0.408 e. The minimum atomic E-state index is -0.816. The molecule has 1 heterocycles. The number of nitrogens with one attached hydrogen (secondary N) is 1. The van der Waals surface area contributed by atoms with Crippen LogP contribution >= 0.6 is 0 Å². The van der Waals surface area contributed by atoms with E-state index in [2.05, 4.69) is 10.3 Å². The molecule has 1 aliphatic heterocycles. The van der Waals surface area contributed by atoms with Crippen LogP contribution < -0.4 is 5.32 Å². The van der Waals surface area contributed by atoms with Crippen molar-refractivity contribution in [1.82, 2.24) is 5.32 Å². The number of nitrogens with zero attached hydrogens (tertiary/aromatic N) is 1. The number of carbonyl (C=O) groups excluding carboxylic acids is 2. The number of hydrogen-bond donors (Lipinski definition) is 1. The van der Waals surface area contributed by atoms with Crippen molar-refractivity contribution >= 4 is 17.8 Å². The Balaban J connectivity index is 1.43. The molecule has 6 nitrogen and oxygen atoms in total. The third-order valence-electron chi connectivity index (χ3n) is 5.72. The summed E-state index contributed by atoms with van der Waals surface area (Å²) in [6.45, 7) is 2.04. The zero-order chi connectivity index (χ0) is 23.8. The summed E-state index contributed by atoms with van der Waals surface area (Å²) in [5.41, 5.74) is 2.90. The molecule has 0 saturated carbocycles. The molecule has 0 aromatic heterocycles. The van der Waals surface area contributed by atoms with E-state index < -0.39 is 12.1 Å². The minimum absolute atomic E-state index is 0.0442. The number of ether oxygens (including phenoxy) is 2. The van der Waals surface area contributed by atoms with Gasteiger partial charge >= 0.3 is 6.09 Å². The maximum atomic E-state index is 13.4. The molecule has 4 rings (SSSR count). The monoisotopic (exact) mass is 456 g/mol. The molecule has 174 valence electrons. The van der Waals surface area contributed by atoms with Crippen molar-refractivity contribution in [1.29, 1.82) is 0 Å². The number of carbonyl (C=O) groups is 2. The normalized spacial score (nSPS) is 17.9. The van der Waals surface area contributed by atoms with Gasteiger partial charge < -0.3 is 14.8 Å². The molecule has 1 unspecified atom stereocenters. The molecule has 0 radical (unpaired) electrons. The van der Waals surface area contributed by atoms with E-state index in [4.69, 9.17) is 9.47 Å². The van der Waals surface area contributed by atoms with Gasteiger partial charge in [0.25, 0.3) is 5.90 Å². The van der Waals surface area contributed by atoms with Gasteiger partial charge in [0.1, 0.15) is 18.8 Å². The van der Waals surface area contributed by atoms with Gasteiger partial charge in [0, 0.05) is 0 Å². The molecule has 0 bridgehead atoms. The maximum Gasteiger partial charge on any atom is 0.408 e. The number of hydrogen-bond acceptors (Lipinski definition) is 5. The Labute approximate surface area is 199 Å². The van der Waals surface area contributed by atoms with Gasteiger partial charge in [0.05, 0.1) is 6.04 Å². The van der Waals surface area contributed by atoms with Crippen LogP contribution in [0.1, 0.15) is 36.1 Å². The molecule has 0 fully saturated rings. The fourth-order valence-electron chi connectivity index (χ4n) is 3.89. The van der Waals surface area contributed by atoms with E-state index in [0.717, 1.165) is 16.7 Å². The molecule has 3 atom stereocenters. The zero-order valence-corrected chi connectivity index (χ0v) is 19.1. The summed E-state index contributed by atoms with van der Waals surface area (Å²) in [5, 5.41) is 2.73. The lowest BCUT2D eigenvalue weighted by Crippen LogP contribution is -2.44. The van der Waals surface area contributed by atoms with Gasteiger partial charge in [0.2, 0.25) is 5.78 Å². The summed E-state index contributed by atoms with van der Waals surface area (Å²) >= 11 is 0. The number of amides is 1. The van der Waals surface area contributed by atoms with Crippen LogP contribution in [0.4, 0.5) is 4.79 Å². The van der Waals surface area contributed by atoms with Crippen molar-refractivity contribution < 1.29 is 19.1 Å². The Bertz CT molecular complexity index is 1120. The topological polar surface area (TPSA) is 77.0 Å². The van der Waals surface area contributed by atoms with Crippen LogP contribution in [0.3, 0.4) is 0 Å². The first-order chi connectivity index (χ1) is 16.6. The number of alkyl carbamates (subject to hydrolysis) is 1. The largest absolute Gasteiger partial charge is 0.465 e. The molecule has 1 aliphatic rings. The number of ketones is 1. The molecule has 34 heavy (non-hydrogen) atoms.